The molecule has 1 amide bonds. The van der Waals surface area contributed by atoms with Crippen LogP contribution in [0.2, 0.25) is 0 Å². The van der Waals surface area contributed by atoms with Crippen LogP contribution in [0.3, 0.4) is 0 Å². The molecule has 1 aliphatic rings. The molecule has 1 saturated carbocycles. The fraction of sp³-hybridized carbons (Fsp3) is 0.357. The number of ether oxygens (including phenoxy) is 2. The van der Waals surface area contributed by atoms with E-state index < -0.39 is 12.0 Å². The summed E-state index contributed by atoms with van der Waals surface area (Å²) >= 11 is 0. The number of para-hydroxylation sites is 1. The van der Waals surface area contributed by atoms with Crippen molar-refractivity contribution in [2.75, 3.05) is 25.6 Å². The third kappa shape index (κ3) is 10.8. The van der Waals surface area contributed by atoms with Gasteiger partial charge in [0.1, 0.15) is 11.8 Å². The Bertz CT molecular complexity index is 1620. The molecule has 0 heterocycles. The molecule has 4 aromatic rings. The van der Waals surface area contributed by atoms with Gasteiger partial charge < -0.3 is 19.7 Å². The van der Waals surface area contributed by atoms with Crippen molar-refractivity contribution in [3.63, 3.8) is 0 Å². The molecule has 1 N–H and O–H groups in total. The van der Waals surface area contributed by atoms with Crippen LogP contribution >= 0.6 is 0 Å². The third-order valence-corrected chi connectivity index (χ3v) is 9.29. The predicted molar refractivity (Wildman–Crippen MR) is 194 cm³/mol. The minimum Gasteiger partial charge on any atom is -0.494 e. The lowest BCUT2D eigenvalue weighted by Gasteiger charge is -2.25. The highest BCUT2D eigenvalue weighted by Crippen LogP contribution is 2.28. The van der Waals surface area contributed by atoms with Gasteiger partial charge in [0.05, 0.1) is 13.7 Å². The van der Waals surface area contributed by atoms with E-state index in [1.807, 2.05) is 77.7 Å². The summed E-state index contributed by atoms with van der Waals surface area (Å²) in [5.41, 5.74) is 3.68. The van der Waals surface area contributed by atoms with Gasteiger partial charge in [0.25, 0.3) is 0 Å². The molecule has 7 heteroatoms. The fourth-order valence-corrected chi connectivity index (χ4v) is 6.54. The van der Waals surface area contributed by atoms with Crippen LogP contribution in [-0.2, 0) is 27.3 Å². The van der Waals surface area contributed by atoms with Crippen molar-refractivity contribution in [2.24, 2.45) is 5.92 Å². The first-order valence-corrected chi connectivity index (χ1v) is 17.6. The van der Waals surface area contributed by atoms with E-state index >= 15 is 0 Å². The van der Waals surface area contributed by atoms with Crippen LogP contribution in [0.25, 0.3) is 0 Å². The van der Waals surface area contributed by atoms with Crippen LogP contribution in [0.1, 0.15) is 78.4 Å². The normalized spacial score (nSPS) is 13.7. The van der Waals surface area contributed by atoms with Gasteiger partial charge in [-0.3, -0.25) is 9.59 Å². The lowest BCUT2D eigenvalue weighted by molar-refractivity contribution is -0.141. The number of nitrogens with zero attached hydrogens (tertiary/aromatic N) is 1. The number of amides is 1. The van der Waals surface area contributed by atoms with Crippen molar-refractivity contribution in [1.82, 2.24) is 4.90 Å². The average molecular weight is 661 g/mol. The van der Waals surface area contributed by atoms with Crippen LogP contribution in [0.15, 0.2) is 109 Å². The molecule has 0 bridgehead atoms. The van der Waals surface area contributed by atoms with Gasteiger partial charge in [0.15, 0.2) is 5.78 Å². The SMILES string of the molecule is COC(=O)C(Cc1ccc(OCCCN(Cc2ccccc2)C(=O)CCC2CCCCC2)cc1)Nc1ccccc1C(=O)c1ccccc1. The van der Waals surface area contributed by atoms with Crippen molar-refractivity contribution in [1.29, 1.82) is 0 Å². The molecule has 0 saturated heterocycles. The second-order valence-electron chi connectivity index (χ2n) is 12.9. The minimum absolute atomic E-state index is 0.124. The monoisotopic (exact) mass is 660 g/mol. The molecule has 7 nitrogen and oxygen atoms in total. The Hall–Kier alpha value is -4.91. The Labute approximate surface area is 290 Å². The van der Waals surface area contributed by atoms with Crippen molar-refractivity contribution in [3.8, 4) is 5.75 Å². The Morgan fingerprint density at radius 2 is 1.47 bits per heavy atom. The summed E-state index contributed by atoms with van der Waals surface area (Å²) in [6, 6.07) is 33.4. The molecule has 5 rings (SSSR count). The van der Waals surface area contributed by atoms with Gasteiger partial charge in [0, 0.05) is 42.7 Å². The average Bonchev–Trinajstić information content (AvgIpc) is 3.16. The third-order valence-electron chi connectivity index (χ3n) is 9.29. The van der Waals surface area contributed by atoms with E-state index in [0.29, 0.717) is 55.3 Å². The predicted octanol–water partition coefficient (Wildman–Crippen LogP) is 8.27. The van der Waals surface area contributed by atoms with Gasteiger partial charge in [-0.05, 0) is 54.2 Å². The van der Waals surface area contributed by atoms with Crippen LogP contribution in [-0.4, -0.2) is 48.9 Å². The molecule has 49 heavy (non-hydrogen) atoms. The number of rotatable bonds is 17. The number of ketones is 1. The van der Waals surface area contributed by atoms with Crippen LogP contribution in [0, 0.1) is 5.92 Å². The van der Waals surface area contributed by atoms with E-state index in [9.17, 15) is 14.4 Å². The highest BCUT2D eigenvalue weighted by molar-refractivity contribution is 6.12. The number of hydrogen-bond acceptors (Lipinski definition) is 6. The summed E-state index contributed by atoms with van der Waals surface area (Å²) in [6.07, 6.45) is 9.08. The zero-order valence-electron chi connectivity index (χ0n) is 28.5. The van der Waals surface area contributed by atoms with E-state index in [1.165, 1.54) is 39.2 Å². The molecule has 4 aromatic carbocycles. The molecule has 1 atom stereocenters. The quantitative estimate of drug-likeness (QED) is 0.0697. The maximum Gasteiger partial charge on any atom is 0.328 e. The van der Waals surface area contributed by atoms with Crippen LogP contribution < -0.4 is 10.1 Å². The lowest BCUT2D eigenvalue weighted by Crippen LogP contribution is -2.33. The minimum atomic E-state index is -0.701. The van der Waals surface area contributed by atoms with Gasteiger partial charge in [-0.2, -0.15) is 0 Å². The molecule has 1 unspecified atom stereocenters. The lowest BCUT2D eigenvalue weighted by atomic mass is 9.86. The summed E-state index contributed by atoms with van der Waals surface area (Å²) in [4.78, 5) is 41.4. The number of hydrogen-bond donors (Lipinski definition) is 1. The first-order chi connectivity index (χ1) is 24.0. The summed E-state index contributed by atoms with van der Waals surface area (Å²) in [5.74, 6) is 1.08. The number of nitrogens with one attached hydrogen (secondary N) is 1. The van der Waals surface area contributed by atoms with Gasteiger partial charge in [-0.1, -0.05) is 117 Å². The topological polar surface area (TPSA) is 84.9 Å². The van der Waals surface area contributed by atoms with Crippen molar-refractivity contribution in [2.45, 2.75) is 70.4 Å². The van der Waals surface area contributed by atoms with Crippen molar-refractivity contribution >= 4 is 23.3 Å². The molecule has 0 radical (unpaired) electrons. The Morgan fingerprint density at radius 1 is 0.796 bits per heavy atom. The summed E-state index contributed by atoms with van der Waals surface area (Å²) in [6.45, 7) is 1.73. The maximum absolute atomic E-state index is 13.3. The fourth-order valence-electron chi connectivity index (χ4n) is 6.54. The number of anilines is 1. The molecular formula is C42H48N2O5. The van der Waals surface area contributed by atoms with E-state index in [1.54, 1.807) is 24.3 Å². The summed E-state index contributed by atoms with van der Waals surface area (Å²) in [7, 11) is 1.36. The maximum atomic E-state index is 13.3. The summed E-state index contributed by atoms with van der Waals surface area (Å²) < 4.78 is 11.2. The first kappa shape index (κ1) is 35.4. The molecule has 1 aliphatic carbocycles. The van der Waals surface area contributed by atoms with Gasteiger partial charge in [0.2, 0.25) is 5.91 Å². The van der Waals surface area contributed by atoms with Crippen LogP contribution in [0.5, 0.6) is 5.75 Å². The molecule has 0 aliphatic heterocycles. The summed E-state index contributed by atoms with van der Waals surface area (Å²) in [5, 5.41) is 3.26. The second kappa shape index (κ2) is 18.6. The standard InChI is InChI=1S/C42H48N2O5/c1-48-42(47)39(43-38-21-12-11-20-37(38)41(46)35-18-9-4-10-19-35)30-33-22-25-36(26-23-33)49-29-13-28-44(31-34-16-7-3-8-17-34)40(45)27-24-32-14-5-2-6-15-32/h3-4,7-12,16-23,25-26,32,39,43H,2,5-6,13-15,24,27-31H2,1H3. The van der Waals surface area contributed by atoms with Crippen LogP contribution in [0.4, 0.5) is 5.69 Å². The number of methoxy groups -OCH3 is 1. The van der Waals surface area contributed by atoms with E-state index in [4.69, 9.17) is 9.47 Å². The van der Waals surface area contributed by atoms with Gasteiger partial charge in [-0.25, -0.2) is 4.79 Å². The number of esters is 1. The zero-order chi connectivity index (χ0) is 34.3. The van der Waals surface area contributed by atoms with Gasteiger partial charge >= 0.3 is 5.97 Å². The highest BCUT2D eigenvalue weighted by atomic mass is 16.5. The highest BCUT2D eigenvalue weighted by Gasteiger charge is 2.23. The number of carbonyl (C=O) groups is 3. The zero-order valence-corrected chi connectivity index (χ0v) is 28.5. The van der Waals surface area contributed by atoms with E-state index in [0.717, 1.165) is 29.7 Å². The Kier molecular flexibility index (Phi) is 13.4. The van der Waals surface area contributed by atoms with E-state index in [2.05, 4.69) is 17.4 Å². The molecular weight excluding hydrogens is 612 g/mol. The van der Waals surface area contributed by atoms with Crippen molar-refractivity contribution in [3.05, 3.63) is 131 Å². The largest absolute Gasteiger partial charge is 0.494 e. The van der Waals surface area contributed by atoms with E-state index in [-0.39, 0.29) is 11.7 Å². The smallest absolute Gasteiger partial charge is 0.328 e. The molecule has 1 fully saturated rings. The number of benzene rings is 4. The second-order valence-corrected chi connectivity index (χ2v) is 12.9. The Balaban J connectivity index is 1.14. The first-order valence-electron chi connectivity index (χ1n) is 17.6. The Morgan fingerprint density at radius 3 is 2.18 bits per heavy atom. The molecule has 0 aromatic heterocycles. The number of carbonyl (C=O) groups excluding carboxylic acids is 3. The molecule has 0 spiro atoms. The van der Waals surface area contributed by atoms with Gasteiger partial charge in [-0.15, -0.1) is 0 Å². The van der Waals surface area contributed by atoms with Crippen molar-refractivity contribution < 1.29 is 23.9 Å². The molecule has 256 valence electrons.